The van der Waals surface area contributed by atoms with E-state index in [4.69, 9.17) is 4.74 Å². The number of aromatic nitrogens is 2. The summed E-state index contributed by atoms with van der Waals surface area (Å²) in [5.41, 5.74) is 0.318. The summed E-state index contributed by atoms with van der Waals surface area (Å²) in [6.07, 6.45) is 10.1. The lowest BCUT2D eigenvalue weighted by atomic mass is 9.87. The summed E-state index contributed by atoms with van der Waals surface area (Å²) in [5.74, 6) is 0.977. The van der Waals surface area contributed by atoms with Crippen LogP contribution >= 0.6 is 0 Å². The molecular weight excluding hydrogens is 250 g/mol. The zero-order valence-electron chi connectivity index (χ0n) is 13.6. The van der Waals surface area contributed by atoms with Gasteiger partial charge in [0.2, 0.25) is 5.95 Å². The van der Waals surface area contributed by atoms with Crippen molar-refractivity contribution in [2.75, 3.05) is 25.6 Å². The first kappa shape index (κ1) is 17.0. The highest BCUT2D eigenvalue weighted by molar-refractivity contribution is 5.26. The van der Waals surface area contributed by atoms with Crippen molar-refractivity contribution >= 4 is 5.95 Å². The largest absolute Gasteiger partial charge is 0.385 e. The molecule has 4 heteroatoms. The second-order valence-corrected chi connectivity index (χ2v) is 6.27. The van der Waals surface area contributed by atoms with Crippen LogP contribution in [-0.2, 0) is 11.3 Å². The van der Waals surface area contributed by atoms with Gasteiger partial charge in [0.1, 0.15) is 0 Å². The minimum atomic E-state index is 0.318. The van der Waals surface area contributed by atoms with Crippen molar-refractivity contribution in [2.45, 2.75) is 59.4 Å². The third-order valence-corrected chi connectivity index (χ3v) is 3.65. The number of ether oxygens (including phenoxy) is 1. The molecule has 1 aromatic heterocycles. The van der Waals surface area contributed by atoms with Crippen molar-refractivity contribution in [1.82, 2.24) is 9.55 Å². The lowest BCUT2D eigenvalue weighted by molar-refractivity contribution is 0.190. The summed E-state index contributed by atoms with van der Waals surface area (Å²) >= 11 is 0. The van der Waals surface area contributed by atoms with Crippen molar-refractivity contribution in [3.63, 3.8) is 0 Å². The van der Waals surface area contributed by atoms with E-state index < -0.39 is 0 Å². The normalized spacial score (nSPS) is 11.8. The molecule has 0 atom stereocenters. The van der Waals surface area contributed by atoms with E-state index in [1.807, 2.05) is 12.4 Å². The van der Waals surface area contributed by atoms with Crippen LogP contribution in [-0.4, -0.2) is 29.8 Å². The standard InChI is InChI=1S/C16H31N3O/c1-5-6-7-9-16(2,3)14-18-15-17-10-12-19(15)11-8-13-20-4/h10,12H,5-9,11,13-14H2,1-4H3,(H,17,18). The monoisotopic (exact) mass is 281 g/mol. The quantitative estimate of drug-likeness (QED) is 0.624. The lowest BCUT2D eigenvalue weighted by Gasteiger charge is -2.25. The van der Waals surface area contributed by atoms with E-state index in [1.165, 1.54) is 25.7 Å². The molecule has 0 aliphatic rings. The van der Waals surface area contributed by atoms with Crippen LogP contribution < -0.4 is 5.32 Å². The van der Waals surface area contributed by atoms with E-state index in [1.54, 1.807) is 7.11 Å². The third-order valence-electron chi connectivity index (χ3n) is 3.65. The highest BCUT2D eigenvalue weighted by Crippen LogP contribution is 2.24. The molecule has 0 aliphatic carbocycles. The smallest absolute Gasteiger partial charge is 0.202 e. The number of hydrogen-bond donors (Lipinski definition) is 1. The van der Waals surface area contributed by atoms with E-state index in [0.717, 1.165) is 32.1 Å². The molecule has 1 N–H and O–H groups in total. The molecule has 116 valence electrons. The predicted molar refractivity (Wildman–Crippen MR) is 85.1 cm³/mol. The van der Waals surface area contributed by atoms with Crippen LogP contribution in [0.15, 0.2) is 12.4 Å². The SMILES string of the molecule is CCCCCC(C)(C)CNc1nccn1CCCOC. The van der Waals surface area contributed by atoms with Gasteiger partial charge in [-0.1, -0.05) is 40.0 Å². The molecule has 0 fully saturated rings. The molecule has 0 aromatic carbocycles. The van der Waals surface area contributed by atoms with Gasteiger partial charge in [-0.15, -0.1) is 0 Å². The lowest BCUT2D eigenvalue weighted by Crippen LogP contribution is -2.24. The van der Waals surface area contributed by atoms with Gasteiger partial charge in [0, 0.05) is 39.2 Å². The van der Waals surface area contributed by atoms with Gasteiger partial charge in [-0.2, -0.15) is 0 Å². The van der Waals surface area contributed by atoms with Crippen molar-refractivity contribution in [1.29, 1.82) is 0 Å². The molecule has 0 spiro atoms. The van der Waals surface area contributed by atoms with E-state index in [9.17, 15) is 0 Å². The molecular formula is C16H31N3O. The van der Waals surface area contributed by atoms with Crippen LogP contribution in [0.5, 0.6) is 0 Å². The number of rotatable bonds is 11. The highest BCUT2D eigenvalue weighted by Gasteiger charge is 2.17. The molecule has 0 bridgehead atoms. The number of imidazole rings is 1. The van der Waals surface area contributed by atoms with Crippen LogP contribution in [0.4, 0.5) is 5.95 Å². The van der Waals surface area contributed by atoms with Crippen molar-refractivity contribution < 1.29 is 4.74 Å². The molecule has 4 nitrogen and oxygen atoms in total. The Kier molecular flexibility index (Phi) is 7.67. The molecule has 0 saturated heterocycles. The first-order valence-electron chi connectivity index (χ1n) is 7.83. The number of aryl methyl sites for hydroxylation is 1. The molecule has 0 amide bonds. The summed E-state index contributed by atoms with van der Waals surface area (Å²) in [5, 5.41) is 3.50. The zero-order valence-corrected chi connectivity index (χ0v) is 13.6. The van der Waals surface area contributed by atoms with Crippen molar-refractivity contribution in [3.05, 3.63) is 12.4 Å². The van der Waals surface area contributed by atoms with Gasteiger partial charge in [0.25, 0.3) is 0 Å². The van der Waals surface area contributed by atoms with E-state index in [0.29, 0.717) is 5.41 Å². The number of nitrogens with zero attached hydrogens (tertiary/aromatic N) is 2. The number of anilines is 1. The summed E-state index contributed by atoms with van der Waals surface area (Å²) < 4.78 is 7.26. The maximum Gasteiger partial charge on any atom is 0.202 e. The first-order chi connectivity index (χ1) is 9.59. The molecule has 1 rings (SSSR count). The molecule has 0 saturated carbocycles. The summed E-state index contributed by atoms with van der Waals surface area (Å²) in [4.78, 5) is 4.41. The Morgan fingerprint density at radius 3 is 2.80 bits per heavy atom. The fourth-order valence-corrected chi connectivity index (χ4v) is 2.30. The maximum absolute atomic E-state index is 5.09. The summed E-state index contributed by atoms with van der Waals surface area (Å²) in [6.45, 7) is 9.62. The Balaban J connectivity index is 2.38. The Morgan fingerprint density at radius 2 is 2.10 bits per heavy atom. The number of methoxy groups -OCH3 is 1. The molecule has 0 radical (unpaired) electrons. The number of nitrogens with one attached hydrogen (secondary N) is 1. The van der Waals surface area contributed by atoms with Crippen molar-refractivity contribution in [3.8, 4) is 0 Å². The second-order valence-electron chi connectivity index (χ2n) is 6.27. The number of hydrogen-bond acceptors (Lipinski definition) is 3. The maximum atomic E-state index is 5.09. The van der Waals surface area contributed by atoms with Crippen molar-refractivity contribution in [2.24, 2.45) is 5.41 Å². The fraction of sp³-hybridized carbons (Fsp3) is 0.812. The second kappa shape index (κ2) is 9.01. The van der Waals surface area contributed by atoms with Crippen LogP contribution in [0, 0.1) is 5.41 Å². The average molecular weight is 281 g/mol. The Labute approximate surface area is 123 Å². The molecule has 0 unspecified atom stereocenters. The molecule has 0 aliphatic heterocycles. The predicted octanol–water partition coefficient (Wildman–Crippen LogP) is 3.94. The van der Waals surface area contributed by atoms with E-state index >= 15 is 0 Å². The summed E-state index contributed by atoms with van der Waals surface area (Å²) in [6, 6.07) is 0. The molecule has 1 heterocycles. The van der Waals surface area contributed by atoms with Gasteiger partial charge in [-0.05, 0) is 18.3 Å². The molecule has 20 heavy (non-hydrogen) atoms. The number of unbranched alkanes of at least 4 members (excludes halogenated alkanes) is 2. The summed E-state index contributed by atoms with van der Waals surface area (Å²) in [7, 11) is 1.74. The molecule has 1 aromatic rings. The average Bonchev–Trinajstić information content (AvgIpc) is 2.85. The third kappa shape index (κ3) is 6.42. The Bertz CT molecular complexity index is 360. The minimum absolute atomic E-state index is 0.318. The Hall–Kier alpha value is -1.03. The van der Waals surface area contributed by atoms with Crippen LogP contribution in [0.25, 0.3) is 0 Å². The minimum Gasteiger partial charge on any atom is -0.385 e. The highest BCUT2D eigenvalue weighted by atomic mass is 16.5. The van der Waals surface area contributed by atoms with Gasteiger partial charge in [0.15, 0.2) is 0 Å². The van der Waals surface area contributed by atoms with Crippen LogP contribution in [0.2, 0.25) is 0 Å². The van der Waals surface area contributed by atoms with E-state index in [2.05, 4.69) is 35.6 Å². The van der Waals surface area contributed by atoms with Gasteiger partial charge < -0.3 is 14.6 Å². The first-order valence-corrected chi connectivity index (χ1v) is 7.83. The Morgan fingerprint density at radius 1 is 1.30 bits per heavy atom. The van der Waals surface area contributed by atoms with Gasteiger partial charge in [-0.3, -0.25) is 0 Å². The topological polar surface area (TPSA) is 39.1 Å². The van der Waals surface area contributed by atoms with Crippen LogP contribution in [0.1, 0.15) is 52.9 Å². The van der Waals surface area contributed by atoms with Gasteiger partial charge in [0.05, 0.1) is 0 Å². The van der Waals surface area contributed by atoms with Gasteiger partial charge >= 0.3 is 0 Å². The zero-order chi connectivity index (χ0) is 14.8. The van der Waals surface area contributed by atoms with Gasteiger partial charge in [-0.25, -0.2) is 4.98 Å². The van der Waals surface area contributed by atoms with E-state index in [-0.39, 0.29) is 0 Å². The van der Waals surface area contributed by atoms with Crippen LogP contribution in [0.3, 0.4) is 0 Å². The fourth-order valence-electron chi connectivity index (χ4n) is 2.30.